The number of halogens is 13. The van der Waals surface area contributed by atoms with Gasteiger partial charge in [0.2, 0.25) is 0 Å². The van der Waals surface area contributed by atoms with Gasteiger partial charge >= 0.3 is 35.8 Å². The van der Waals surface area contributed by atoms with E-state index in [9.17, 15) is 57.1 Å². The largest absolute Gasteiger partial charge is 0.460 e. The molecule has 0 amide bonds. The summed E-state index contributed by atoms with van der Waals surface area (Å²) < 4.78 is 173. The van der Waals surface area contributed by atoms with Crippen molar-refractivity contribution in [1.29, 1.82) is 0 Å². The van der Waals surface area contributed by atoms with Crippen molar-refractivity contribution in [3.05, 3.63) is 35.4 Å². The number of aryl methyl sites for hydroxylation is 1. The van der Waals surface area contributed by atoms with Gasteiger partial charge < -0.3 is 0 Å². The molecule has 13 heteroatoms. The van der Waals surface area contributed by atoms with Crippen molar-refractivity contribution in [2.75, 3.05) is 0 Å². The Labute approximate surface area is 242 Å². The maximum absolute atomic E-state index is 14.1. The van der Waals surface area contributed by atoms with Crippen molar-refractivity contribution in [2.45, 2.75) is 132 Å². The summed E-state index contributed by atoms with van der Waals surface area (Å²) in [5.74, 6) is -34.3. The van der Waals surface area contributed by atoms with E-state index in [1.807, 2.05) is 0 Å². The molecule has 0 spiro atoms. The van der Waals surface area contributed by atoms with Gasteiger partial charge in [-0.15, -0.1) is 0 Å². The third-order valence-electron chi connectivity index (χ3n) is 9.47. The normalized spacial score (nSPS) is 25.2. The van der Waals surface area contributed by atoms with Crippen LogP contribution < -0.4 is 0 Å². The van der Waals surface area contributed by atoms with E-state index >= 15 is 0 Å². The molecule has 0 saturated heterocycles. The molecule has 3 rings (SSSR count). The first-order valence-corrected chi connectivity index (χ1v) is 14.7. The summed E-state index contributed by atoms with van der Waals surface area (Å²) in [6, 6.07) is 5.72. The lowest BCUT2D eigenvalue weighted by atomic mass is 9.68. The summed E-state index contributed by atoms with van der Waals surface area (Å²) in [4.78, 5) is 0. The van der Waals surface area contributed by atoms with Crippen molar-refractivity contribution >= 4 is 0 Å². The topological polar surface area (TPSA) is 0 Å². The fourth-order valence-corrected chi connectivity index (χ4v) is 6.58. The molecule has 2 aliphatic carbocycles. The minimum Gasteiger partial charge on any atom is -0.200 e. The lowest BCUT2D eigenvalue weighted by Gasteiger charge is -2.39. The third kappa shape index (κ3) is 7.10. The minimum atomic E-state index is -7.86. The molecule has 0 radical (unpaired) electrons. The number of alkyl halides is 13. The Hall–Kier alpha value is -1.69. The summed E-state index contributed by atoms with van der Waals surface area (Å²) in [5.41, 5.74) is 0.812. The van der Waals surface area contributed by atoms with Crippen LogP contribution in [-0.2, 0) is 6.42 Å². The standard InChI is InChI=1S/C30H37F13/c1-2-3-4-19-5-9-21(10-6-19)23-13-15-24(16-14-23)22-11-7-20(8-12-22)17-18-25(31,32)26(33,34)27(35,36)28(37,38)29(39,40)30(41,42)43/h7-8,11-12,19,21,23-24H,2-6,9-10,13-18H2,1H3. The Kier molecular flexibility index (Phi) is 10.8. The van der Waals surface area contributed by atoms with Gasteiger partial charge in [0.1, 0.15) is 0 Å². The summed E-state index contributed by atoms with van der Waals surface area (Å²) in [7, 11) is 0. The van der Waals surface area contributed by atoms with Crippen LogP contribution in [0.4, 0.5) is 57.1 Å². The Morgan fingerprint density at radius 2 is 1.05 bits per heavy atom. The molecule has 2 aliphatic rings. The van der Waals surface area contributed by atoms with E-state index in [0.717, 1.165) is 37.2 Å². The van der Waals surface area contributed by atoms with Crippen LogP contribution in [0.1, 0.15) is 101 Å². The number of hydrogen-bond acceptors (Lipinski definition) is 0. The molecule has 0 nitrogen and oxygen atoms in total. The molecule has 0 atom stereocenters. The highest BCUT2D eigenvalue weighted by molar-refractivity contribution is 5.26. The SMILES string of the molecule is CCCCC1CCC(C2CCC(c3ccc(CCC(F)(F)C(F)(F)C(F)(F)C(F)(F)C(F)(F)C(F)(F)F)cc3)CC2)CC1. The Morgan fingerprint density at radius 1 is 0.581 bits per heavy atom. The van der Waals surface area contributed by atoms with Crippen molar-refractivity contribution in [3.8, 4) is 0 Å². The zero-order chi connectivity index (χ0) is 32.5. The summed E-state index contributed by atoms with van der Waals surface area (Å²) in [6.07, 6.45) is 1.94. The molecule has 0 heterocycles. The van der Waals surface area contributed by atoms with Gasteiger partial charge in [0.05, 0.1) is 0 Å². The van der Waals surface area contributed by atoms with Crippen LogP contribution in [0.5, 0.6) is 0 Å². The zero-order valence-corrected chi connectivity index (χ0v) is 23.7. The first kappa shape index (κ1) is 35.8. The van der Waals surface area contributed by atoms with E-state index in [1.165, 1.54) is 57.1 Å². The van der Waals surface area contributed by atoms with Gasteiger partial charge in [-0.25, -0.2) is 0 Å². The van der Waals surface area contributed by atoms with Gasteiger partial charge in [-0.2, -0.15) is 57.1 Å². The number of benzene rings is 1. The van der Waals surface area contributed by atoms with Gasteiger partial charge in [0, 0.05) is 6.42 Å². The smallest absolute Gasteiger partial charge is 0.200 e. The van der Waals surface area contributed by atoms with E-state index in [1.54, 1.807) is 12.1 Å². The Bertz CT molecular complexity index is 1010. The maximum atomic E-state index is 14.1. The van der Waals surface area contributed by atoms with Gasteiger partial charge in [-0.1, -0.05) is 63.3 Å². The molecule has 1 aromatic rings. The van der Waals surface area contributed by atoms with E-state index in [-0.39, 0.29) is 11.5 Å². The molecule has 0 bridgehead atoms. The molecular formula is C30H37F13. The zero-order valence-electron chi connectivity index (χ0n) is 23.7. The summed E-state index contributed by atoms with van der Waals surface area (Å²) >= 11 is 0. The molecule has 1 aromatic carbocycles. The predicted molar refractivity (Wildman–Crippen MR) is 135 cm³/mol. The van der Waals surface area contributed by atoms with Crippen LogP contribution in [-0.4, -0.2) is 35.8 Å². The maximum Gasteiger partial charge on any atom is 0.460 e. The average molecular weight is 645 g/mol. The predicted octanol–water partition coefficient (Wildman–Crippen LogP) is 11.6. The molecule has 0 N–H and O–H groups in total. The molecule has 0 aliphatic heterocycles. The van der Waals surface area contributed by atoms with Gasteiger partial charge in [-0.05, 0) is 79.7 Å². The molecule has 0 unspecified atom stereocenters. The van der Waals surface area contributed by atoms with Crippen LogP contribution >= 0.6 is 0 Å². The van der Waals surface area contributed by atoms with E-state index in [4.69, 9.17) is 0 Å². The number of rotatable bonds is 12. The van der Waals surface area contributed by atoms with Crippen molar-refractivity contribution in [3.63, 3.8) is 0 Å². The highest BCUT2D eigenvalue weighted by Crippen LogP contribution is 2.60. The highest BCUT2D eigenvalue weighted by Gasteiger charge is 2.90. The van der Waals surface area contributed by atoms with Crippen LogP contribution in [0.15, 0.2) is 24.3 Å². The van der Waals surface area contributed by atoms with Gasteiger partial charge in [-0.3, -0.25) is 0 Å². The monoisotopic (exact) mass is 644 g/mol. The second kappa shape index (κ2) is 13.0. The lowest BCUT2D eigenvalue weighted by Crippen LogP contribution is -2.70. The lowest BCUT2D eigenvalue weighted by molar-refractivity contribution is -0.440. The molecular weight excluding hydrogens is 607 g/mol. The Balaban J connectivity index is 1.57. The first-order chi connectivity index (χ1) is 19.7. The van der Waals surface area contributed by atoms with Crippen LogP contribution in [0.2, 0.25) is 0 Å². The van der Waals surface area contributed by atoms with Crippen LogP contribution in [0.25, 0.3) is 0 Å². The fourth-order valence-electron chi connectivity index (χ4n) is 6.58. The molecule has 2 fully saturated rings. The van der Waals surface area contributed by atoms with Crippen molar-refractivity contribution < 1.29 is 57.1 Å². The van der Waals surface area contributed by atoms with Crippen molar-refractivity contribution in [1.82, 2.24) is 0 Å². The van der Waals surface area contributed by atoms with Gasteiger partial charge in [0.15, 0.2) is 0 Å². The molecule has 43 heavy (non-hydrogen) atoms. The van der Waals surface area contributed by atoms with Gasteiger partial charge in [0.25, 0.3) is 0 Å². The van der Waals surface area contributed by atoms with E-state index < -0.39 is 48.6 Å². The average Bonchev–Trinajstić information content (AvgIpc) is 2.94. The number of hydrogen-bond donors (Lipinski definition) is 0. The van der Waals surface area contributed by atoms with Crippen molar-refractivity contribution in [2.24, 2.45) is 17.8 Å². The van der Waals surface area contributed by atoms with Crippen LogP contribution in [0.3, 0.4) is 0 Å². The first-order valence-electron chi connectivity index (χ1n) is 14.7. The molecule has 248 valence electrons. The summed E-state index contributed by atoms with van der Waals surface area (Å²) in [6.45, 7) is 2.19. The van der Waals surface area contributed by atoms with E-state index in [0.29, 0.717) is 11.8 Å². The molecule has 2 saturated carbocycles. The highest BCUT2D eigenvalue weighted by atomic mass is 19.4. The number of unbranched alkanes of at least 4 members (excludes halogenated alkanes) is 1. The second-order valence-electron chi connectivity index (χ2n) is 12.3. The second-order valence-corrected chi connectivity index (χ2v) is 12.3. The summed E-state index contributed by atoms with van der Waals surface area (Å²) in [5, 5.41) is 0. The third-order valence-corrected chi connectivity index (χ3v) is 9.47. The Morgan fingerprint density at radius 3 is 1.51 bits per heavy atom. The fraction of sp³-hybridized carbons (Fsp3) is 0.800. The quantitative estimate of drug-likeness (QED) is 0.199. The van der Waals surface area contributed by atoms with Crippen LogP contribution in [0, 0.1) is 17.8 Å². The van der Waals surface area contributed by atoms with E-state index in [2.05, 4.69) is 6.92 Å². The minimum absolute atomic E-state index is 0.0524. The molecule has 0 aromatic heterocycles.